The number of nitrogens with two attached hydrogens (primary N) is 1. The van der Waals surface area contributed by atoms with Crippen LogP contribution in [-0.2, 0) is 0 Å². The number of aryl methyl sites for hydroxylation is 1. The van der Waals surface area contributed by atoms with Gasteiger partial charge in [0.2, 0.25) is 5.88 Å². The fourth-order valence-corrected chi connectivity index (χ4v) is 3.45. The molecule has 0 radical (unpaired) electrons. The molecule has 0 saturated heterocycles. The minimum Gasteiger partial charge on any atom is -0.438 e. The van der Waals surface area contributed by atoms with Gasteiger partial charge in [-0.1, -0.05) is 48.7 Å². The van der Waals surface area contributed by atoms with Crippen molar-refractivity contribution in [2.24, 2.45) is 10.7 Å². The van der Waals surface area contributed by atoms with E-state index in [1.165, 1.54) is 11.8 Å². The molecule has 0 saturated carbocycles. The zero-order chi connectivity index (χ0) is 22.9. The zero-order valence-corrected chi connectivity index (χ0v) is 18.4. The van der Waals surface area contributed by atoms with Crippen molar-refractivity contribution in [1.29, 1.82) is 5.26 Å². The van der Waals surface area contributed by atoms with E-state index >= 15 is 0 Å². The van der Waals surface area contributed by atoms with E-state index in [0.29, 0.717) is 33.6 Å². The van der Waals surface area contributed by atoms with Crippen molar-refractivity contribution in [3.8, 4) is 29.0 Å². The number of thioether (sulfide) groups is 1. The maximum absolute atomic E-state index is 9.82. The van der Waals surface area contributed by atoms with E-state index in [9.17, 15) is 10.4 Å². The number of rotatable bonds is 8. The number of aliphatic hydroxyl groups is 1. The van der Waals surface area contributed by atoms with Gasteiger partial charge in [0.15, 0.2) is 0 Å². The number of aliphatic hydroxyl groups excluding tert-OH is 1. The van der Waals surface area contributed by atoms with Crippen LogP contribution >= 0.6 is 11.8 Å². The van der Waals surface area contributed by atoms with Gasteiger partial charge in [-0.05, 0) is 30.5 Å². The van der Waals surface area contributed by atoms with E-state index in [1.54, 1.807) is 36.6 Å². The Kier molecular flexibility index (Phi) is 8.11. The van der Waals surface area contributed by atoms with Gasteiger partial charge in [0.1, 0.15) is 16.6 Å². The highest BCUT2D eigenvalue weighted by molar-refractivity contribution is 8.16. The summed E-state index contributed by atoms with van der Waals surface area (Å²) in [6, 6.07) is 18.7. The molecule has 1 atom stereocenters. The van der Waals surface area contributed by atoms with Crippen molar-refractivity contribution in [2.75, 3.05) is 13.1 Å². The molecule has 3 N–H and O–H groups in total. The number of hydrogen-bond donors (Lipinski definition) is 2. The van der Waals surface area contributed by atoms with Gasteiger partial charge >= 0.3 is 0 Å². The third-order valence-electron chi connectivity index (χ3n) is 4.35. The molecular weight excluding hydrogens is 422 g/mol. The summed E-state index contributed by atoms with van der Waals surface area (Å²) in [6.45, 7) is 5.79. The average molecular weight is 446 g/mol. The first kappa shape index (κ1) is 23.2. The largest absolute Gasteiger partial charge is 0.438 e. The van der Waals surface area contributed by atoms with Crippen LogP contribution in [0.25, 0.3) is 11.3 Å². The molecule has 0 aliphatic rings. The normalized spacial score (nSPS) is 12.1. The first-order valence-electron chi connectivity index (χ1n) is 9.87. The maximum atomic E-state index is 9.82. The quantitative estimate of drug-likeness (QED) is 0.396. The van der Waals surface area contributed by atoms with Gasteiger partial charge in [-0.2, -0.15) is 10.2 Å². The van der Waals surface area contributed by atoms with Gasteiger partial charge in [0.25, 0.3) is 0 Å². The Morgan fingerprint density at radius 3 is 2.75 bits per heavy atom. The van der Waals surface area contributed by atoms with Crippen molar-refractivity contribution in [3.05, 3.63) is 83.5 Å². The van der Waals surface area contributed by atoms with Gasteiger partial charge in [0, 0.05) is 23.7 Å². The predicted molar refractivity (Wildman–Crippen MR) is 128 cm³/mol. The van der Waals surface area contributed by atoms with Crippen LogP contribution in [0.3, 0.4) is 0 Å². The Hall–Kier alpha value is -3.51. The van der Waals surface area contributed by atoms with Crippen LogP contribution in [0.5, 0.6) is 11.6 Å². The van der Waals surface area contributed by atoms with E-state index in [4.69, 9.17) is 10.5 Å². The van der Waals surface area contributed by atoms with Crippen molar-refractivity contribution >= 4 is 16.8 Å². The molecule has 0 bridgehead atoms. The van der Waals surface area contributed by atoms with Gasteiger partial charge < -0.3 is 15.6 Å². The minimum atomic E-state index is -0.754. The molecular formula is C24H23N5O2S. The summed E-state index contributed by atoms with van der Waals surface area (Å²) in [5.74, 6) is 1.31. The van der Waals surface area contributed by atoms with Crippen LogP contribution in [0, 0.1) is 18.3 Å². The SMILES string of the molecule is C=CS/C(=N\C[C@@H](O)CN)c1ccc(C#N)cc1Oc1cc(-c2ccccc2)nc(C)n1. The second kappa shape index (κ2) is 11.2. The lowest BCUT2D eigenvalue weighted by molar-refractivity contribution is 0.192. The lowest BCUT2D eigenvalue weighted by Crippen LogP contribution is -2.23. The molecule has 0 aliphatic carbocycles. The summed E-state index contributed by atoms with van der Waals surface area (Å²) in [6.07, 6.45) is -0.754. The molecule has 3 rings (SSSR count). The molecule has 0 spiro atoms. The number of aliphatic imine (C=N–C) groups is 1. The molecule has 7 nitrogen and oxygen atoms in total. The lowest BCUT2D eigenvalue weighted by atomic mass is 10.1. The fourth-order valence-electron chi connectivity index (χ4n) is 2.84. The predicted octanol–water partition coefficient (Wildman–Crippen LogP) is 4.06. The van der Waals surface area contributed by atoms with Crippen LogP contribution in [0.4, 0.5) is 0 Å². The molecule has 32 heavy (non-hydrogen) atoms. The summed E-state index contributed by atoms with van der Waals surface area (Å²) >= 11 is 1.29. The number of aromatic nitrogens is 2. The Morgan fingerprint density at radius 2 is 2.06 bits per heavy atom. The summed E-state index contributed by atoms with van der Waals surface area (Å²) in [4.78, 5) is 13.4. The van der Waals surface area contributed by atoms with E-state index in [0.717, 1.165) is 11.3 Å². The lowest BCUT2D eigenvalue weighted by Gasteiger charge is -2.14. The third kappa shape index (κ3) is 6.02. The summed E-state index contributed by atoms with van der Waals surface area (Å²) in [5, 5.41) is 21.4. The van der Waals surface area contributed by atoms with E-state index in [2.05, 4.69) is 27.6 Å². The molecule has 2 aromatic carbocycles. The number of benzene rings is 2. The highest BCUT2D eigenvalue weighted by Gasteiger charge is 2.15. The smallest absolute Gasteiger partial charge is 0.223 e. The minimum absolute atomic E-state index is 0.106. The number of hydrogen-bond acceptors (Lipinski definition) is 8. The van der Waals surface area contributed by atoms with Crippen molar-refractivity contribution < 1.29 is 9.84 Å². The fraction of sp³-hybridized carbons (Fsp3) is 0.167. The summed E-state index contributed by atoms with van der Waals surface area (Å²) in [5.41, 5.74) is 8.25. The van der Waals surface area contributed by atoms with Crippen LogP contribution in [0.1, 0.15) is 17.0 Å². The highest BCUT2D eigenvalue weighted by atomic mass is 32.2. The van der Waals surface area contributed by atoms with Gasteiger partial charge in [0.05, 0.1) is 30.0 Å². The third-order valence-corrected chi connectivity index (χ3v) is 5.09. The Bertz CT molecular complexity index is 1160. The van der Waals surface area contributed by atoms with E-state index < -0.39 is 6.10 Å². The monoisotopic (exact) mass is 445 g/mol. The standard InChI is InChI=1S/C24H23N5O2S/c1-3-32-24(27-15-19(30)14-26)20-10-9-17(13-25)11-22(20)31-23-12-21(28-16(2)29-23)18-7-5-4-6-8-18/h3-12,19,30H,1,14-15,26H2,2H3/b27-24-/t19-/m0/s1. The number of ether oxygens (including phenoxy) is 1. The Morgan fingerprint density at radius 1 is 1.28 bits per heavy atom. The van der Waals surface area contributed by atoms with Gasteiger partial charge in [-0.25, -0.2) is 4.98 Å². The van der Waals surface area contributed by atoms with E-state index in [-0.39, 0.29) is 13.1 Å². The zero-order valence-electron chi connectivity index (χ0n) is 17.6. The van der Waals surface area contributed by atoms with Crippen molar-refractivity contribution in [1.82, 2.24) is 9.97 Å². The number of nitriles is 1. The number of nitrogens with zero attached hydrogens (tertiary/aromatic N) is 4. The van der Waals surface area contributed by atoms with Gasteiger partial charge in [-0.15, -0.1) is 0 Å². The second-order valence-electron chi connectivity index (χ2n) is 6.75. The first-order chi connectivity index (χ1) is 15.5. The average Bonchev–Trinajstić information content (AvgIpc) is 2.81. The molecule has 1 aromatic heterocycles. The van der Waals surface area contributed by atoms with Crippen LogP contribution < -0.4 is 10.5 Å². The molecule has 8 heteroatoms. The molecule has 162 valence electrons. The Labute approximate surface area is 191 Å². The molecule has 0 amide bonds. The molecule has 0 unspecified atom stereocenters. The van der Waals surface area contributed by atoms with Gasteiger partial charge in [-0.3, -0.25) is 4.99 Å². The van der Waals surface area contributed by atoms with Crippen LogP contribution in [0.15, 0.2) is 71.6 Å². The molecule has 0 fully saturated rings. The first-order valence-corrected chi connectivity index (χ1v) is 10.8. The highest BCUT2D eigenvalue weighted by Crippen LogP contribution is 2.31. The molecule has 0 aliphatic heterocycles. The van der Waals surface area contributed by atoms with Crippen LogP contribution in [-0.4, -0.2) is 39.3 Å². The van der Waals surface area contributed by atoms with Crippen molar-refractivity contribution in [3.63, 3.8) is 0 Å². The molecule has 3 aromatic rings. The molecule has 1 heterocycles. The van der Waals surface area contributed by atoms with Crippen molar-refractivity contribution in [2.45, 2.75) is 13.0 Å². The van der Waals surface area contributed by atoms with E-state index in [1.807, 2.05) is 30.3 Å². The Balaban J connectivity index is 2.03. The topological polar surface area (TPSA) is 117 Å². The summed E-state index contributed by atoms with van der Waals surface area (Å²) in [7, 11) is 0. The van der Waals surface area contributed by atoms with Crippen LogP contribution in [0.2, 0.25) is 0 Å². The summed E-state index contributed by atoms with van der Waals surface area (Å²) < 4.78 is 6.14. The second-order valence-corrected chi connectivity index (χ2v) is 7.71. The maximum Gasteiger partial charge on any atom is 0.223 e.